The van der Waals surface area contributed by atoms with Gasteiger partial charge in [0.2, 0.25) is 5.91 Å². The van der Waals surface area contributed by atoms with Gasteiger partial charge in [-0.25, -0.2) is 0 Å². The molecule has 1 aliphatic rings. The molecular weight excluding hydrogens is 314 g/mol. The minimum atomic E-state index is -0.955. The number of ketones is 1. The van der Waals surface area contributed by atoms with E-state index in [-0.39, 0.29) is 37.5 Å². The van der Waals surface area contributed by atoms with Gasteiger partial charge in [-0.15, -0.1) is 0 Å². The fourth-order valence-electron chi connectivity index (χ4n) is 2.56. The van der Waals surface area contributed by atoms with Gasteiger partial charge < -0.3 is 19.5 Å². The number of carbonyl (C=O) groups is 3. The Morgan fingerprint density at radius 1 is 1.25 bits per heavy atom. The Hall–Kier alpha value is -2.41. The normalized spacial score (nSPS) is 17.4. The lowest BCUT2D eigenvalue weighted by atomic mass is 10.1. The number of rotatable bonds is 7. The number of benzene rings is 1. The zero-order valence-corrected chi connectivity index (χ0v) is 13.6. The van der Waals surface area contributed by atoms with Crippen LogP contribution in [0.1, 0.15) is 29.6 Å². The second kappa shape index (κ2) is 8.44. The fourth-order valence-corrected chi connectivity index (χ4v) is 2.56. The Kier molecular flexibility index (Phi) is 6.31. The monoisotopic (exact) mass is 335 g/mol. The quantitative estimate of drug-likeness (QED) is 0.756. The van der Waals surface area contributed by atoms with Crippen LogP contribution in [-0.2, 0) is 14.3 Å². The molecule has 1 aromatic rings. The molecule has 1 aromatic carbocycles. The largest absolute Gasteiger partial charge is 0.497 e. The second-order valence-electron chi connectivity index (χ2n) is 5.58. The topological polar surface area (TPSA) is 93.1 Å². The van der Waals surface area contributed by atoms with E-state index in [4.69, 9.17) is 14.6 Å². The number of morpholine rings is 1. The van der Waals surface area contributed by atoms with Crippen LogP contribution in [0.3, 0.4) is 0 Å². The second-order valence-corrected chi connectivity index (χ2v) is 5.58. The van der Waals surface area contributed by atoms with Crippen LogP contribution < -0.4 is 4.74 Å². The van der Waals surface area contributed by atoms with Gasteiger partial charge in [-0.05, 0) is 24.3 Å². The lowest BCUT2D eigenvalue weighted by Crippen LogP contribution is -2.46. The molecule has 1 amide bonds. The molecule has 2 rings (SSSR count). The number of carbonyl (C=O) groups excluding carboxylic acids is 2. The third kappa shape index (κ3) is 5.06. The van der Waals surface area contributed by atoms with Crippen molar-refractivity contribution in [2.24, 2.45) is 0 Å². The summed E-state index contributed by atoms with van der Waals surface area (Å²) >= 11 is 0. The number of methoxy groups -OCH3 is 1. The summed E-state index contributed by atoms with van der Waals surface area (Å²) in [4.78, 5) is 36.6. The summed E-state index contributed by atoms with van der Waals surface area (Å²) in [6, 6.07) is 6.74. The molecule has 1 aliphatic heterocycles. The maximum atomic E-state index is 12.2. The number of ether oxygens (including phenoxy) is 2. The van der Waals surface area contributed by atoms with Crippen molar-refractivity contribution in [3.8, 4) is 5.75 Å². The molecule has 0 radical (unpaired) electrons. The first-order valence-corrected chi connectivity index (χ1v) is 7.78. The molecule has 0 spiro atoms. The Morgan fingerprint density at radius 2 is 1.96 bits per heavy atom. The molecule has 0 bridgehead atoms. The van der Waals surface area contributed by atoms with Crippen molar-refractivity contribution >= 4 is 17.7 Å². The predicted octanol–water partition coefficient (Wildman–Crippen LogP) is 1.36. The summed E-state index contributed by atoms with van der Waals surface area (Å²) in [7, 11) is 1.55. The van der Waals surface area contributed by atoms with Gasteiger partial charge in [0.1, 0.15) is 5.75 Å². The Balaban J connectivity index is 1.83. The Morgan fingerprint density at radius 3 is 2.58 bits per heavy atom. The fraction of sp³-hybridized carbons (Fsp3) is 0.471. The van der Waals surface area contributed by atoms with Crippen molar-refractivity contribution in [1.82, 2.24) is 4.90 Å². The first-order valence-electron chi connectivity index (χ1n) is 7.78. The van der Waals surface area contributed by atoms with Gasteiger partial charge >= 0.3 is 5.97 Å². The van der Waals surface area contributed by atoms with E-state index < -0.39 is 12.1 Å². The van der Waals surface area contributed by atoms with Crippen LogP contribution in [0.15, 0.2) is 24.3 Å². The van der Waals surface area contributed by atoms with Crippen molar-refractivity contribution in [1.29, 1.82) is 0 Å². The Labute approximate surface area is 140 Å². The number of hydrogen-bond donors (Lipinski definition) is 1. The minimum Gasteiger partial charge on any atom is -0.497 e. The molecule has 1 fully saturated rings. The summed E-state index contributed by atoms with van der Waals surface area (Å²) in [6.45, 7) is 0.990. The van der Waals surface area contributed by atoms with Gasteiger partial charge in [0, 0.05) is 31.5 Å². The maximum absolute atomic E-state index is 12.2. The highest BCUT2D eigenvalue weighted by Gasteiger charge is 2.26. The van der Waals surface area contributed by atoms with Gasteiger partial charge in [0.15, 0.2) is 5.78 Å². The van der Waals surface area contributed by atoms with Crippen LogP contribution in [0.4, 0.5) is 0 Å². The molecule has 1 atom stereocenters. The molecule has 24 heavy (non-hydrogen) atoms. The standard InChI is InChI=1S/C17H21NO6/c1-23-13-4-2-12(3-5-13)15(19)6-7-16(20)18-8-9-24-14(11-18)10-17(21)22/h2-5,14H,6-11H2,1H3,(H,21,22). The van der Waals surface area contributed by atoms with E-state index in [9.17, 15) is 14.4 Å². The number of carboxylic acid groups (broad SMARTS) is 1. The highest BCUT2D eigenvalue weighted by molar-refractivity contribution is 5.98. The molecular formula is C17H21NO6. The number of nitrogens with zero attached hydrogens (tertiary/aromatic N) is 1. The van der Waals surface area contributed by atoms with Crippen molar-refractivity contribution in [3.63, 3.8) is 0 Å². The number of hydrogen-bond acceptors (Lipinski definition) is 5. The zero-order valence-electron chi connectivity index (χ0n) is 13.6. The number of aliphatic carboxylic acids is 1. The van der Waals surface area contributed by atoms with E-state index in [1.165, 1.54) is 0 Å². The van der Waals surface area contributed by atoms with E-state index in [1.807, 2.05) is 0 Å². The van der Waals surface area contributed by atoms with Gasteiger partial charge in [-0.3, -0.25) is 14.4 Å². The van der Waals surface area contributed by atoms with Crippen molar-refractivity contribution in [3.05, 3.63) is 29.8 Å². The van der Waals surface area contributed by atoms with Crippen LogP contribution in [0.25, 0.3) is 0 Å². The molecule has 0 saturated carbocycles. The summed E-state index contributed by atoms with van der Waals surface area (Å²) in [5.74, 6) is -0.554. The van der Waals surface area contributed by atoms with Crippen molar-refractivity contribution in [2.45, 2.75) is 25.4 Å². The third-order valence-electron chi connectivity index (χ3n) is 3.87. The average Bonchev–Trinajstić information content (AvgIpc) is 2.59. The van der Waals surface area contributed by atoms with E-state index >= 15 is 0 Å². The van der Waals surface area contributed by atoms with Gasteiger partial charge in [-0.2, -0.15) is 0 Å². The van der Waals surface area contributed by atoms with E-state index in [0.29, 0.717) is 24.5 Å². The zero-order chi connectivity index (χ0) is 17.5. The molecule has 1 N–H and O–H groups in total. The van der Waals surface area contributed by atoms with Crippen LogP contribution in [-0.4, -0.2) is 60.6 Å². The third-order valence-corrected chi connectivity index (χ3v) is 3.87. The first kappa shape index (κ1) is 17.9. The molecule has 1 unspecified atom stereocenters. The highest BCUT2D eigenvalue weighted by Crippen LogP contribution is 2.15. The molecule has 0 aromatic heterocycles. The minimum absolute atomic E-state index is 0.102. The van der Waals surface area contributed by atoms with E-state index in [1.54, 1.807) is 36.3 Å². The van der Waals surface area contributed by atoms with E-state index in [0.717, 1.165) is 0 Å². The molecule has 1 saturated heterocycles. The SMILES string of the molecule is COc1ccc(C(=O)CCC(=O)N2CCOC(CC(=O)O)C2)cc1. The number of amides is 1. The smallest absolute Gasteiger partial charge is 0.306 e. The number of carboxylic acids is 1. The van der Waals surface area contributed by atoms with Gasteiger partial charge in [0.25, 0.3) is 0 Å². The lowest BCUT2D eigenvalue weighted by molar-refractivity contribution is -0.147. The van der Waals surface area contributed by atoms with Gasteiger partial charge in [0.05, 0.1) is 26.2 Å². The average molecular weight is 335 g/mol. The van der Waals surface area contributed by atoms with Crippen molar-refractivity contribution < 1.29 is 29.0 Å². The summed E-state index contributed by atoms with van der Waals surface area (Å²) in [5, 5.41) is 8.79. The van der Waals surface area contributed by atoms with Crippen LogP contribution in [0, 0.1) is 0 Å². The van der Waals surface area contributed by atoms with Crippen molar-refractivity contribution in [2.75, 3.05) is 26.8 Å². The molecule has 1 heterocycles. The maximum Gasteiger partial charge on any atom is 0.306 e. The summed E-state index contributed by atoms with van der Waals surface area (Å²) < 4.78 is 10.4. The van der Waals surface area contributed by atoms with Crippen LogP contribution >= 0.6 is 0 Å². The molecule has 7 nitrogen and oxygen atoms in total. The summed E-state index contributed by atoms with van der Waals surface area (Å²) in [6.07, 6.45) is -0.400. The lowest BCUT2D eigenvalue weighted by Gasteiger charge is -2.32. The summed E-state index contributed by atoms with van der Waals surface area (Å²) in [5.41, 5.74) is 0.536. The molecule has 0 aliphatic carbocycles. The highest BCUT2D eigenvalue weighted by atomic mass is 16.5. The van der Waals surface area contributed by atoms with Crippen LogP contribution in [0.2, 0.25) is 0 Å². The van der Waals surface area contributed by atoms with Crippen LogP contribution in [0.5, 0.6) is 5.75 Å². The van der Waals surface area contributed by atoms with E-state index in [2.05, 4.69) is 0 Å². The van der Waals surface area contributed by atoms with Gasteiger partial charge in [-0.1, -0.05) is 0 Å². The molecule has 130 valence electrons. The molecule has 7 heteroatoms. The first-order chi connectivity index (χ1) is 11.5. The predicted molar refractivity (Wildman–Crippen MR) is 85.1 cm³/mol. The number of Topliss-reactive ketones (excluding diaryl/α,β-unsaturated/α-hetero) is 1. The Bertz CT molecular complexity index is 598.